The fourth-order valence-electron chi connectivity index (χ4n) is 1.17. The summed E-state index contributed by atoms with van der Waals surface area (Å²) in [5, 5.41) is 0. The Morgan fingerprint density at radius 1 is 1.08 bits per heavy atom. The van der Waals surface area contributed by atoms with Crippen LogP contribution >= 0.6 is 16.1 Å². The van der Waals surface area contributed by atoms with Crippen LogP contribution < -0.4 is 4.34 Å². The maximum Gasteiger partial charge on any atom is 0.00875 e. The SMILES string of the molecule is BrNCCCCc1ccccc1. The molecule has 0 heterocycles. The summed E-state index contributed by atoms with van der Waals surface area (Å²) in [6, 6.07) is 10.6. The van der Waals surface area contributed by atoms with Gasteiger partial charge in [-0.05, 0) is 24.8 Å². The molecule has 0 aliphatic carbocycles. The first kappa shape index (κ1) is 9.75. The number of benzene rings is 1. The number of hydrogen-bond acceptors (Lipinski definition) is 1. The number of aryl methyl sites for hydroxylation is 1. The molecule has 0 atom stereocenters. The monoisotopic (exact) mass is 227 g/mol. The van der Waals surface area contributed by atoms with E-state index in [9.17, 15) is 0 Å². The predicted molar refractivity (Wildman–Crippen MR) is 56.3 cm³/mol. The molecule has 2 heteroatoms. The van der Waals surface area contributed by atoms with Gasteiger partial charge in [-0.25, -0.2) is 0 Å². The molecule has 1 N–H and O–H groups in total. The van der Waals surface area contributed by atoms with Gasteiger partial charge in [-0.15, -0.1) is 0 Å². The minimum absolute atomic E-state index is 1.05. The fourth-order valence-corrected chi connectivity index (χ4v) is 1.45. The zero-order chi connectivity index (χ0) is 8.65. The van der Waals surface area contributed by atoms with E-state index in [2.05, 4.69) is 50.8 Å². The van der Waals surface area contributed by atoms with Crippen molar-refractivity contribution in [3.8, 4) is 0 Å². The average molecular weight is 228 g/mol. The Labute approximate surface area is 82.5 Å². The van der Waals surface area contributed by atoms with E-state index in [1.54, 1.807) is 0 Å². The first-order valence-electron chi connectivity index (χ1n) is 4.31. The number of hydrogen-bond donors (Lipinski definition) is 1. The lowest BCUT2D eigenvalue weighted by Crippen LogP contribution is -2.00. The molecular formula is C10H14BrN. The third-order valence-corrected chi connectivity index (χ3v) is 2.23. The lowest BCUT2D eigenvalue weighted by molar-refractivity contribution is 0.728. The normalized spacial score (nSPS) is 10.1. The summed E-state index contributed by atoms with van der Waals surface area (Å²) in [6.45, 7) is 1.05. The molecular weight excluding hydrogens is 214 g/mol. The maximum atomic E-state index is 3.19. The van der Waals surface area contributed by atoms with Crippen molar-refractivity contribution in [2.45, 2.75) is 19.3 Å². The molecule has 12 heavy (non-hydrogen) atoms. The van der Waals surface area contributed by atoms with Crippen LogP contribution in [-0.4, -0.2) is 6.54 Å². The van der Waals surface area contributed by atoms with Crippen LogP contribution in [0.25, 0.3) is 0 Å². The number of rotatable bonds is 5. The topological polar surface area (TPSA) is 12.0 Å². The van der Waals surface area contributed by atoms with Crippen molar-refractivity contribution in [1.29, 1.82) is 0 Å². The van der Waals surface area contributed by atoms with Crippen LogP contribution in [0.3, 0.4) is 0 Å². The molecule has 0 radical (unpaired) electrons. The molecule has 1 rings (SSSR count). The van der Waals surface area contributed by atoms with Crippen molar-refractivity contribution in [3.05, 3.63) is 35.9 Å². The molecule has 0 aromatic heterocycles. The van der Waals surface area contributed by atoms with Crippen molar-refractivity contribution >= 4 is 16.1 Å². The molecule has 1 aromatic rings. The van der Waals surface area contributed by atoms with Gasteiger partial charge >= 0.3 is 0 Å². The first-order valence-corrected chi connectivity index (χ1v) is 5.10. The molecule has 0 aliphatic rings. The largest absolute Gasteiger partial charge is 0.256 e. The highest BCUT2D eigenvalue weighted by Gasteiger charge is 1.90. The van der Waals surface area contributed by atoms with E-state index in [0.29, 0.717) is 0 Å². The molecule has 0 amide bonds. The van der Waals surface area contributed by atoms with Gasteiger partial charge in [0.2, 0.25) is 0 Å². The Morgan fingerprint density at radius 3 is 2.50 bits per heavy atom. The summed E-state index contributed by atoms with van der Waals surface area (Å²) in [6.07, 6.45) is 3.66. The van der Waals surface area contributed by atoms with Gasteiger partial charge in [0, 0.05) is 22.7 Å². The Kier molecular flexibility index (Phi) is 5.04. The Morgan fingerprint density at radius 2 is 1.83 bits per heavy atom. The van der Waals surface area contributed by atoms with Crippen LogP contribution in [0.4, 0.5) is 0 Å². The maximum absolute atomic E-state index is 3.19. The van der Waals surface area contributed by atoms with E-state index in [4.69, 9.17) is 0 Å². The number of nitrogens with one attached hydrogen (secondary N) is 1. The van der Waals surface area contributed by atoms with Crippen molar-refractivity contribution in [3.63, 3.8) is 0 Å². The molecule has 66 valence electrons. The summed E-state index contributed by atoms with van der Waals surface area (Å²) in [7, 11) is 0. The molecule has 0 spiro atoms. The fraction of sp³-hybridized carbons (Fsp3) is 0.400. The van der Waals surface area contributed by atoms with Crippen molar-refractivity contribution in [2.75, 3.05) is 6.54 Å². The quantitative estimate of drug-likeness (QED) is 0.603. The minimum Gasteiger partial charge on any atom is -0.256 e. The van der Waals surface area contributed by atoms with E-state index >= 15 is 0 Å². The first-order chi connectivity index (χ1) is 5.93. The van der Waals surface area contributed by atoms with Crippen LogP contribution in [0.5, 0.6) is 0 Å². The third kappa shape index (κ3) is 3.88. The van der Waals surface area contributed by atoms with Crippen LogP contribution in [0.15, 0.2) is 30.3 Å². The summed E-state index contributed by atoms with van der Waals surface area (Å²) < 4.78 is 2.97. The Balaban J connectivity index is 2.16. The highest BCUT2D eigenvalue weighted by molar-refractivity contribution is 9.08. The summed E-state index contributed by atoms with van der Waals surface area (Å²) in [4.78, 5) is 0. The van der Waals surface area contributed by atoms with Crippen molar-refractivity contribution in [2.24, 2.45) is 0 Å². The van der Waals surface area contributed by atoms with Gasteiger partial charge in [-0.3, -0.25) is 4.34 Å². The second kappa shape index (κ2) is 6.21. The smallest absolute Gasteiger partial charge is 0.00875 e. The van der Waals surface area contributed by atoms with Crippen LogP contribution in [0, 0.1) is 0 Å². The van der Waals surface area contributed by atoms with Gasteiger partial charge in [-0.2, -0.15) is 0 Å². The van der Waals surface area contributed by atoms with Crippen molar-refractivity contribution < 1.29 is 0 Å². The summed E-state index contributed by atoms with van der Waals surface area (Å²) in [5.41, 5.74) is 1.44. The average Bonchev–Trinajstić information content (AvgIpc) is 2.14. The second-order valence-corrected chi connectivity index (χ2v) is 3.39. The van der Waals surface area contributed by atoms with E-state index in [1.165, 1.54) is 24.8 Å². The van der Waals surface area contributed by atoms with Gasteiger partial charge in [0.1, 0.15) is 0 Å². The Hall–Kier alpha value is -0.340. The second-order valence-electron chi connectivity index (χ2n) is 2.83. The van der Waals surface area contributed by atoms with E-state index in [1.807, 2.05) is 0 Å². The molecule has 0 saturated carbocycles. The summed E-state index contributed by atoms with van der Waals surface area (Å²) in [5.74, 6) is 0. The lowest BCUT2D eigenvalue weighted by Gasteiger charge is -1.99. The van der Waals surface area contributed by atoms with E-state index in [0.717, 1.165) is 6.54 Å². The zero-order valence-corrected chi connectivity index (χ0v) is 8.68. The molecule has 1 nitrogen and oxygen atoms in total. The van der Waals surface area contributed by atoms with E-state index in [-0.39, 0.29) is 0 Å². The van der Waals surface area contributed by atoms with Gasteiger partial charge in [-0.1, -0.05) is 30.3 Å². The number of unbranched alkanes of at least 4 members (excludes halogenated alkanes) is 1. The summed E-state index contributed by atoms with van der Waals surface area (Å²) >= 11 is 3.19. The van der Waals surface area contributed by atoms with Gasteiger partial charge in [0.05, 0.1) is 0 Å². The van der Waals surface area contributed by atoms with E-state index < -0.39 is 0 Å². The molecule has 0 saturated heterocycles. The third-order valence-electron chi connectivity index (χ3n) is 1.83. The van der Waals surface area contributed by atoms with Gasteiger partial charge in [0.15, 0.2) is 0 Å². The lowest BCUT2D eigenvalue weighted by atomic mass is 10.1. The van der Waals surface area contributed by atoms with Crippen LogP contribution in [0.1, 0.15) is 18.4 Å². The predicted octanol–water partition coefficient (Wildman–Crippen LogP) is 2.91. The standard InChI is InChI=1S/C10H14BrN/c11-12-9-5-4-8-10-6-2-1-3-7-10/h1-3,6-7,12H,4-5,8-9H2. The highest BCUT2D eigenvalue weighted by atomic mass is 79.9. The highest BCUT2D eigenvalue weighted by Crippen LogP contribution is 2.03. The Bertz CT molecular complexity index is 198. The minimum atomic E-state index is 1.05. The van der Waals surface area contributed by atoms with Crippen LogP contribution in [-0.2, 0) is 6.42 Å². The number of halogens is 1. The van der Waals surface area contributed by atoms with Gasteiger partial charge in [0.25, 0.3) is 0 Å². The van der Waals surface area contributed by atoms with Crippen molar-refractivity contribution in [1.82, 2.24) is 4.34 Å². The zero-order valence-electron chi connectivity index (χ0n) is 7.09. The molecule has 0 unspecified atom stereocenters. The molecule has 0 aliphatic heterocycles. The molecule has 0 bridgehead atoms. The molecule has 1 aromatic carbocycles. The molecule has 0 fully saturated rings. The van der Waals surface area contributed by atoms with Gasteiger partial charge < -0.3 is 0 Å². The van der Waals surface area contributed by atoms with Crippen LogP contribution in [0.2, 0.25) is 0 Å².